The average molecular weight is 670 g/mol. The van der Waals surface area contributed by atoms with E-state index in [9.17, 15) is 22.8 Å². The largest absolute Gasteiger partial charge is 0.459 e. The van der Waals surface area contributed by atoms with E-state index in [-0.39, 0.29) is 24.0 Å². The smallest absolute Gasteiger partial charge is 0.407 e. The second-order valence-corrected chi connectivity index (χ2v) is 13.8. The summed E-state index contributed by atoms with van der Waals surface area (Å²) in [5.74, 6) is -2.12. The molecule has 0 radical (unpaired) electrons. The maximum atomic E-state index is 13.6. The van der Waals surface area contributed by atoms with Crippen LogP contribution in [-0.4, -0.2) is 51.6 Å². The summed E-state index contributed by atoms with van der Waals surface area (Å²) < 4.78 is 39.5. The Balaban J connectivity index is 1.25. The second kappa shape index (κ2) is 15.3. The molecule has 10 nitrogen and oxygen atoms in total. The molecule has 2 amide bonds. The number of amides is 2. The third-order valence-electron chi connectivity index (χ3n) is 8.20. The topological polar surface area (TPSA) is 140 Å². The first kappa shape index (κ1) is 34.3. The van der Waals surface area contributed by atoms with Crippen molar-refractivity contribution in [2.24, 2.45) is 5.92 Å². The van der Waals surface area contributed by atoms with E-state index in [0.29, 0.717) is 5.56 Å². The van der Waals surface area contributed by atoms with Crippen molar-refractivity contribution in [2.75, 3.05) is 13.2 Å². The number of esters is 1. The number of rotatable bonds is 13. The quantitative estimate of drug-likeness (QED) is 0.169. The summed E-state index contributed by atoms with van der Waals surface area (Å²) >= 11 is 0. The van der Waals surface area contributed by atoms with Gasteiger partial charge in [-0.05, 0) is 52.8 Å². The lowest BCUT2D eigenvalue weighted by Crippen LogP contribution is -2.56. The van der Waals surface area contributed by atoms with Crippen molar-refractivity contribution < 1.29 is 32.3 Å². The summed E-state index contributed by atoms with van der Waals surface area (Å²) in [6.07, 6.45) is -0.797. The van der Waals surface area contributed by atoms with E-state index in [2.05, 4.69) is 15.4 Å². The monoisotopic (exact) mass is 669 g/mol. The lowest BCUT2D eigenvalue weighted by Gasteiger charge is -2.25. The zero-order valence-electron chi connectivity index (χ0n) is 27.0. The van der Waals surface area contributed by atoms with Crippen LogP contribution in [0.15, 0.2) is 108 Å². The molecule has 0 spiro atoms. The maximum Gasteiger partial charge on any atom is 0.407 e. The van der Waals surface area contributed by atoms with Crippen molar-refractivity contribution >= 4 is 28.0 Å². The molecule has 0 saturated heterocycles. The number of fused-ring (bicyclic) bond motifs is 3. The van der Waals surface area contributed by atoms with Crippen molar-refractivity contribution in [1.29, 1.82) is 0 Å². The van der Waals surface area contributed by atoms with Crippen LogP contribution in [0.3, 0.4) is 0 Å². The van der Waals surface area contributed by atoms with Crippen LogP contribution in [0.25, 0.3) is 11.1 Å². The fourth-order valence-electron chi connectivity index (χ4n) is 5.58. The van der Waals surface area contributed by atoms with E-state index in [0.717, 1.165) is 27.8 Å². The van der Waals surface area contributed by atoms with Gasteiger partial charge in [-0.2, -0.15) is 0 Å². The van der Waals surface area contributed by atoms with Crippen LogP contribution in [0.1, 0.15) is 42.0 Å². The number of aryl methyl sites for hydroxylation is 1. The number of alkyl carbamates (subject to hydrolysis) is 1. The standard InChI is InChI=1S/C37H39N3O7S/c1-24(2)34(40-37(43)47-23-32-30-15-9-7-13-28(30)29-14-8-10-16-31(29)32)35(41)39-33(36(42)46-22-26-11-5-4-6-12-26)21-38-48(44,45)27-19-17-25(3)18-20-27/h4-20,24,32-34,38H,21-23H2,1-3H3,(H,39,41)(H,40,43)/t33-,34-/m0/s1. The number of hydrogen-bond acceptors (Lipinski definition) is 7. The number of sulfonamides is 1. The van der Waals surface area contributed by atoms with Crippen LogP contribution in [0.5, 0.6) is 0 Å². The molecule has 0 bridgehead atoms. The summed E-state index contributed by atoms with van der Waals surface area (Å²) in [5.41, 5.74) is 5.87. The third-order valence-corrected chi connectivity index (χ3v) is 9.64. The molecule has 4 aromatic rings. The molecule has 0 heterocycles. The molecule has 3 N–H and O–H groups in total. The van der Waals surface area contributed by atoms with Crippen molar-refractivity contribution in [3.05, 3.63) is 125 Å². The van der Waals surface area contributed by atoms with Gasteiger partial charge in [0.2, 0.25) is 15.9 Å². The van der Waals surface area contributed by atoms with Crippen LogP contribution in [0.2, 0.25) is 0 Å². The van der Waals surface area contributed by atoms with Crippen molar-refractivity contribution in [3.8, 4) is 11.1 Å². The van der Waals surface area contributed by atoms with Gasteiger partial charge < -0.3 is 20.1 Å². The summed E-state index contributed by atoms with van der Waals surface area (Å²) in [6, 6.07) is 28.6. The molecule has 2 atom stereocenters. The zero-order chi connectivity index (χ0) is 34.3. The van der Waals surface area contributed by atoms with E-state index < -0.39 is 52.5 Å². The van der Waals surface area contributed by atoms with Crippen LogP contribution in [-0.2, 0) is 35.7 Å². The fourth-order valence-corrected chi connectivity index (χ4v) is 6.63. The highest BCUT2D eigenvalue weighted by Crippen LogP contribution is 2.44. The average Bonchev–Trinajstić information content (AvgIpc) is 3.41. The number of hydrogen-bond donors (Lipinski definition) is 3. The molecule has 11 heteroatoms. The molecule has 48 heavy (non-hydrogen) atoms. The van der Waals surface area contributed by atoms with Gasteiger partial charge in [0.15, 0.2) is 0 Å². The van der Waals surface area contributed by atoms with Gasteiger partial charge in [-0.3, -0.25) is 4.79 Å². The Morgan fingerprint density at radius 2 is 1.33 bits per heavy atom. The predicted octanol–water partition coefficient (Wildman–Crippen LogP) is 5.06. The minimum atomic E-state index is -4.02. The van der Waals surface area contributed by atoms with Gasteiger partial charge in [-0.15, -0.1) is 0 Å². The minimum Gasteiger partial charge on any atom is -0.459 e. The Hall–Kier alpha value is -5.00. The van der Waals surface area contributed by atoms with Crippen LogP contribution >= 0.6 is 0 Å². The van der Waals surface area contributed by atoms with E-state index >= 15 is 0 Å². The summed E-state index contributed by atoms with van der Waals surface area (Å²) in [5, 5.41) is 5.22. The molecule has 0 aliphatic heterocycles. The number of carbonyl (C=O) groups excluding carboxylic acids is 3. The molecule has 5 rings (SSSR count). The molecule has 0 aromatic heterocycles. The van der Waals surface area contributed by atoms with Gasteiger partial charge in [0.1, 0.15) is 25.3 Å². The van der Waals surface area contributed by atoms with E-state index in [1.54, 1.807) is 50.2 Å². The van der Waals surface area contributed by atoms with Crippen LogP contribution in [0.4, 0.5) is 4.79 Å². The highest BCUT2D eigenvalue weighted by Gasteiger charge is 2.33. The van der Waals surface area contributed by atoms with Crippen molar-refractivity contribution in [1.82, 2.24) is 15.4 Å². The Labute approximate surface area is 280 Å². The summed E-state index contributed by atoms with van der Waals surface area (Å²) in [7, 11) is -4.02. The van der Waals surface area contributed by atoms with E-state index in [1.165, 1.54) is 12.1 Å². The number of benzene rings is 4. The number of carbonyl (C=O) groups is 3. The molecular formula is C37H39N3O7S. The highest BCUT2D eigenvalue weighted by atomic mass is 32.2. The van der Waals surface area contributed by atoms with Gasteiger partial charge in [0.05, 0.1) is 4.90 Å². The molecular weight excluding hydrogens is 630 g/mol. The first-order valence-electron chi connectivity index (χ1n) is 15.7. The third kappa shape index (κ3) is 8.28. The Morgan fingerprint density at radius 3 is 1.94 bits per heavy atom. The lowest BCUT2D eigenvalue weighted by molar-refractivity contribution is -0.149. The van der Waals surface area contributed by atoms with E-state index in [4.69, 9.17) is 9.47 Å². The van der Waals surface area contributed by atoms with Gasteiger partial charge in [0.25, 0.3) is 0 Å². The lowest BCUT2D eigenvalue weighted by atomic mass is 9.98. The van der Waals surface area contributed by atoms with Crippen molar-refractivity contribution in [2.45, 2.75) is 50.3 Å². The van der Waals surface area contributed by atoms with Crippen LogP contribution in [0, 0.1) is 12.8 Å². The van der Waals surface area contributed by atoms with E-state index in [1.807, 2.05) is 61.5 Å². The normalized spacial score (nSPS) is 13.6. The maximum absolute atomic E-state index is 13.6. The first-order chi connectivity index (χ1) is 23.0. The van der Waals surface area contributed by atoms with Crippen LogP contribution < -0.4 is 15.4 Å². The highest BCUT2D eigenvalue weighted by molar-refractivity contribution is 7.89. The Kier molecular flexibility index (Phi) is 10.9. The number of ether oxygens (including phenoxy) is 2. The molecule has 0 saturated carbocycles. The number of nitrogens with one attached hydrogen (secondary N) is 3. The predicted molar refractivity (Wildman–Crippen MR) is 181 cm³/mol. The molecule has 4 aromatic carbocycles. The zero-order valence-corrected chi connectivity index (χ0v) is 27.8. The molecule has 0 fully saturated rings. The van der Waals surface area contributed by atoms with Crippen molar-refractivity contribution in [3.63, 3.8) is 0 Å². The summed E-state index contributed by atoms with van der Waals surface area (Å²) in [4.78, 5) is 39.9. The van der Waals surface area contributed by atoms with Gasteiger partial charge in [-0.1, -0.05) is 110 Å². The minimum absolute atomic E-state index is 0.00723. The second-order valence-electron chi connectivity index (χ2n) is 12.0. The fraction of sp³-hybridized carbons (Fsp3) is 0.270. The Bertz CT molecular complexity index is 1820. The Morgan fingerprint density at radius 1 is 0.750 bits per heavy atom. The molecule has 1 aliphatic rings. The van der Waals surface area contributed by atoms with Gasteiger partial charge in [0, 0.05) is 12.5 Å². The molecule has 0 unspecified atom stereocenters. The molecule has 1 aliphatic carbocycles. The summed E-state index contributed by atoms with van der Waals surface area (Å²) in [6.45, 7) is 4.79. The first-order valence-corrected chi connectivity index (χ1v) is 17.2. The van der Waals surface area contributed by atoms with Gasteiger partial charge in [-0.25, -0.2) is 22.7 Å². The molecule has 250 valence electrons. The van der Waals surface area contributed by atoms with Gasteiger partial charge >= 0.3 is 12.1 Å². The SMILES string of the molecule is Cc1ccc(S(=O)(=O)NC[C@H](NC(=O)[C@@H](NC(=O)OCC2c3ccccc3-c3ccccc32)C(C)C)C(=O)OCc2ccccc2)cc1.